The average molecular weight is 276 g/mol. The fraction of sp³-hybridized carbons (Fsp3) is 0.462. The lowest BCUT2D eigenvalue weighted by atomic mass is 9.93. The standard InChI is InChI=1S/C13H16N4OS/c1-8-3-4-9-11(7-8)19-13(14-9)15-12(18)10-5-6-17(2)16-10/h5-6,8H,3-4,7H2,1-2H3,(H,14,15,18). The summed E-state index contributed by atoms with van der Waals surface area (Å²) in [7, 11) is 1.79. The molecule has 0 aliphatic heterocycles. The van der Waals surface area contributed by atoms with E-state index in [0.29, 0.717) is 16.7 Å². The number of rotatable bonds is 2. The molecule has 5 nitrogen and oxygen atoms in total. The predicted octanol–water partition coefficient (Wildman–Crippen LogP) is 2.25. The molecule has 0 saturated carbocycles. The van der Waals surface area contributed by atoms with E-state index < -0.39 is 0 Å². The number of carbonyl (C=O) groups is 1. The minimum atomic E-state index is -0.195. The summed E-state index contributed by atoms with van der Waals surface area (Å²) in [6, 6.07) is 1.70. The molecule has 3 rings (SSSR count). The van der Waals surface area contributed by atoms with Crippen LogP contribution in [0.2, 0.25) is 0 Å². The maximum atomic E-state index is 12.0. The first kappa shape index (κ1) is 12.3. The van der Waals surface area contributed by atoms with Crippen LogP contribution >= 0.6 is 11.3 Å². The first-order valence-electron chi connectivity index (χ1n) is 6.41. The highest BCUT2D eigenvalue weighted by Gasteiger charge is 2.21. The molecule has 2 heterocycles. The van der Waals surface area contributed by atoms with Crippen LogP contribution in [0.25, 0.3) is 0 Å². The third-order valence-corrected chi connectivity index (χ3v) is 4.39. The zero-order chi connectivity index (χ0) is 13.4. The molecule has 0 spiro atoms. The average Bonchev–Trinajstić information content (AvgIpc) is 2.94. The van der Waals surface area contributed by atoms with Gasteiger partial charge < -0.3 is 0 Å². The van der Waals surface area contributed by atoms with Gasteiger partial charge in [-0.1, -0.05) is 6.92 Å². The fourth-order valence-corrected chi connectivity index (χ4v) is 3.46. The number of hydrogen-bond acceptors (Lipinski definition) is 4. The van der Waals surface area contributed by atoms with Crippen molar-refractivity contribution in [1.29, 1.82) is 0 Å². The number of aromatic nitrogens is 3. The molecule has 1 N–H and O–H groups in total. The summed E-state index contributed by atoms with van der Waals surface area (Å²) < 4.78 is 1.61. The number of fused-ring (bicyclic) bond motifs is 1. The van der Waals surface area contributed by atoms with E-state index in [1.807, 2.05) is 0 Å². The summed E-state index contributed by atoms with van der Waals surface area (Å²) in [6.45, 7) is 2.26. The Kier molecular flexibility index (Phi) is 3.10. The van der Waals surface area contributed by atoms with Crippen molar-refractivity contribution in [2.24, 2.45) is 13.0 Å². The normalized spacial score (nSPS) is 18.1. The summed E-state index contributed by atoms with van der Waals surface area (Å²) in [5, 5.41) is 7.61. The highest BCUT2D eigenvalue weighted by Crippen LogP contribution is 2.32. The van der Waals surface area contributed by atoms with Crippen molar-refractivity contribution in [3.05, 3.63) is 28.5 Å². The highest BCUT2D eigenvalue weighted by atomic mass is 32.1. The van der Waals surface area contributed by atoms with Gasteiger partial charge in [0.05, 0.1) is 5.69 Å². The SMILES string of the molecule is CC1CCc2nc(NC(=O)c3ccn(C)n3)sc2C1. The minimum absolute atomic E-state index is 0.195. The van der Waals surface area contributed by atoms with Gasteiger partial charge in [-0.2, -0.15) is 5.10 Å². The molecule has 1 amide bonds. The molecule has 19 heavy (non-hydrogen) atoms. The van der Waals surface area contributed by atoms with Crippen molar-refractivity contribution in [1.82, 2.24) is 14.8 Å². The number of amides is 1. The van der Waals surface area contributed by atoms with Crippen LogP contribution in [-0.4, -0.2) is 20.7 Å². The van der Waals surface area contributed by atoms with E-state index in [1.54, 1.807) is 35.3 Å². The summed E-state index contributed by atoms with van der Waals surface area (Å²) in [6.07, 6.45) is 5.03. The summed E-state index contributed by atoms with van der Waals surface area (Å²) in [4.78, 5) is 17.8. The number of nitrogens with zero attached hydrogens (tertiary/aromatic N) is 3. The van der Waals surface area contributed by atoms with E-state index in [4.69, 9.17) is 0 Å². The molecular formula is C13H16N4OS. The number of carbonyl (C=O) groups excluding carboxylic acids is 1. The predicted molar refractivity (Wildman–Crippen MR) is 74.5 cm³/mol. The second kappa shape index (κ2) is 4.77. The van der Waals surface area contributed by atoms with E-state index in [2.05, 4.69) is 22.3 Å². The van der Waals surface area contributed by atoms with Crippen molar-refractivity contribution < 1.29 is 4.79 Å². The Bertz CT molecular complexity index is 616. The third-order valence-electron chi connectivity index (χ3n) is 3.35. The number of hydrogen-bond donors (Lipinski definition) is 1. The van der Waals surface area contributed by atoms with E-state index in [0.717, 1.165) is 18.5 Å². The van der Waals surface area contributed by atoms with Gasteiger partial charge in [0.25, 0.3) is 5.91 Å². The van der Waals surface area contributed by atoms with Crippen molar-refractivity contribution in [3.8, 4) is 0 Å². The molecule has 1 aliphatic carbocycles. The first-order valence-corrected chi connectivity index (χ1v) is 7.23. The van der Waals surface area contributed by atoms with Crippen molar-refractivity contribution in [3.63, 3.8) is 0 Å². The minimum Gasteiger partial charge on any atom is -0.296 e. The zero-order valence-electron chi connectivity index (χ0n) is 11.0. The van der Waals surface area contributed by atoms with Gasteiger partial charge in [0.2, 0.25) is 0 Å². The van der Waals surface area contributed by atoms with E-state index >= 15 is 0 Å². The van der Waals surface area contributed by atoms with Crippen molar-refractivity contribution >= 4 is 22.4 Å². The Morgan fingerprint density at radius 3 is 3.16 bits per heavy atom. The van der Waals surface area contributed by atoms with Gasteiger partial charge in [-0.3, -0.25) is 14.8 Å². The second-order valence-electron chi connectivity index (χ2n) is 5.07. The molecule has 0 fully saturated rings. The molecule has 1 unspecified atom stereocenters. The van der Waals surface area contributed by atoms with Crippen LogP contribution in [-0.2, 0) is 19.9 Å². The molecule has 2 aromatic heterocycles. The number of aryl methyl sites for hydroxylation is 2. The molecule has 6 heteroatoms. The molecule has 0 saturated heterocycles. The number of anilines is 1. The van der Waals surface area contributed by atoms with Crippen LogP contribution in [0.5, 0.6) is 0 Å². The van der Waals surface area contributed by atoms with E-state index in [1.165, 1.54) is 11.3 Å². The monoisotopic (exact) mass is 276 g/mol. The Labute approximate surface area is 115 Å². The van der Waals surface area contributed by atoms with Crippen molar-refractivity contribution in [2.75, 3.05) is 5.32 Å². The molecular weight excluding hydrogens is 260 g/mol. The molecule has 0 aromatic carbocycles. The molecule has 1 atom stereocenters. The Hall–Kier alpha value is -1.69. The zero-order valence-corrected chi connectivity index (χ0v) is 11.8. The van der Waals surface area contributed by atoms with Crippen LogP contribution in [0, 0.1) is 5.92 Å². The van der Waals surface area contributed by atoms with Crippen LogP contribution < -0.4 is 5.32 Å². The Morgan fingerprint density at radius 2 is 2.42 bits per heavy atom. The summed E-state index contributed by atoms with van der Waals surface area (Å²) in [5.41, 5.74) is 1.57. The summed E-state index contributed by atoms with van der Waals surface area (Å²) >= 11 is 1.59. The molecule has 1 aliphatic rings. The largest absolute Gasteiger partial charge is 0.296 e. The lowest BCUT2D eigenvalue weighted by Crippen LogP contribution is -2.13. The molecule has 0 radical (unpaired) electrons. The van der Waals surface area contributed by atoms with Gasteiger partial charge in [0.15, 0.2) is 10.8 Å². The van der Waals surface area contributed by atoms with Gasteiger partial charge >= 0.3 is 0 Å². The van der Waals surface area contributed by atoms with Gasteiger partial charge in [-0.05, 0) is 31.2 Å². The number of thiazole rings is 1. The molecule has 100 valence electrons. The van der Waals surface area contributed by atoms with Crippen molar-refractivity contribution in [2.45, 2.75) is 26.2 Å². The van der Waals surface area contributed by atoms with E-state index in [-0.39, 0.29) is 5.91 Å². The van der Waals surface area contributed by atoms with Gasteiger partial charge in [0, 0.05) is 18.1 Å². The highest BCUT2D eigenvalue weighted by molar-refractivity contribution is 7.15. The van der Waals surface area contributed by atoms with Crippen LogP contribution in [0.1, 0.15) is 34.4 Å². The maximum Gasteiger partial charge on any atom is 0.277 e. The van der Waals surface area contributed by atoms with Crippen LogP contribution in [0.15, 0.2) is 12.3 Å². The Balaban J connectivity index is 1.75. The quantitative estimate of drug-likeness (QED) is 0.915. The lowest BCUT2D eigenvalue weighted by Gasteiger charge is -2.15. The second-order valence-corrected chi connectivity index (χ2v) is 6.15. The van der Waals surface area contributed by atoms with Gasteiger partial charge in [-0.25, -0.2) is 4.98 Å². The fourth-order valence-electron chi connectivity index (χ4n) is 2.29. The van der Waals surface area contributed by atoms with Gasteiger partial charge in [-0.15, -0.1) is 11.3 Å². The third kappa shape index (κ3) is 2.53. The topological polar surface area (TPSA) is 59.8 Å². The first-order chi connectivity index (χ1) is 9.11. The van der Waals surface area contributed by atoms with Crippen LogP contribution in [0.4, 0.5) is 5.13 Å². The van der Waals surface area contributed by atoms with E-state index in [9.17, 15) is 4.79 Å². The number of nitrogens with one attached hydrogen (secondary N) is 1. The maximum absolute atomic E-state index is 12.0. The van der Waals surface area contributed by atoms with Crippen LogP contribution in [0.3, 0.4) is 0 Å². The Morgan fingerprint density at radius 1 is 1.58 bits per heavy atom. The molecule has 0 bridgehead atoms. The smallest absolute Gasteiger partial charge is 0.277 e. The molecule has 2 aromatic rings. The summed E-state index contributed by atoms with van der Waals surface area (Å²) in [5.74, 6) is 0.520. The lowest BCUT2D eigenvalue weighted by molar-refractivity contribution is 0.102. The van der Waals surface area contributed by atoms with Gasteiger partial charge in [0.1, 0.15) is 0 Å².